The molecule has 31 heavy (non-hydrogen) atoms. The largest absolute Gasteiger partial charge is 0.378 e. The molecule has 4 aromatic rings. The second-order valence-electron chi connectivity index (χ2n) is 7.61. The van der Waals surface area contributed by atoms with Crippen LogP contribution in [0.3, 0.4) is 0 Å². The van der Waals surface area contributed by atoms with Gasteiger partial charge >= 0.3 is 0 Å². The maximum absolute atomic E-state index is 12.6. The zero-order valence-electron chi connectivity index (χ0n) is 17.7. The first-order valence-corrected chi connectivity index (χ1v) is 11.8. The number of hydrogen-bond donors (Lipinski definition) is 2. The molecule has 1 atom stereocenters. The Kier molecular flexibility index (Phi) is 5.45. The van der Waals surface area contributed by atoms with Gasteiger partial charge in [0, 0.05) is 47.7 Å². The van der Waals surface area contributed by atoms with Crippen molar-refractivity contribution in [3.63, 3.8) is 0 Å². The number of aromatic nitrogens is 2. The van der Waals surface area contributed by atoms with E-state index in [4.69, 9.17) is 0 Å². The molecule has 6 nitrogen and oxygen atoms in total. The molecular formula is C24H25N3O3S. The van der Waals surface area contributed by atoms with Crippen molar-refractivity contribution in [2.45, 2.75) is 24.8 Å². The second kappa shape index (κ2) is 8.07. The lowest BCUT2D eigenvalue weighted by molar-refractivity contribution is 0.597. The Morgan fingerprint density at radius 1 is 1.06 bits per heavy atom. The molecule has 0 aliphatic carbocycles. The van der Waals surface area contributed by atoms with Crippen molar-refractivity contribution in [3.05, 3.63) is 82.9 Å². The first-order chi connectivity index (χ1) is 14.8. The molecule has 0 saturated carbocycles. The summed E-state index contributed by atoms with van der Waals surface area (Å²) in [5.41, 5.74) is 3.80. The highest BCUT2D eigenvalue weighted by Gasteiger charge is 2.19. The highest BCUT2D eigenvalue weighted by Crippen LogP contribution is 2.36. The lowest BCUT2D eigenvalue weighted by Gasteiger charge is -2.20. The van der Waals surface area contributed by atoms with Gasteiger partial charge in [-0.3, -0.25) is 4.79 Å². The molecule has 7 heteroatoms. The Labute approximate surface area is 181 Å². The minimum Gasteiger partial charge on any atom is -0.378 e. The normalized spacial score (nSPS) is 12.7. The molecule has 0 radical (unpaired) electrons. The minimum absolute atomic E-state index is 0.00262. The van der Waals surface area contributed by atoms with E-state index in [1.165, 1.54) is 4.57 Å². The van der Waals surface area contributed by atoms with Crippen LogP contribution in [-0.4, -0.2) is 23.7 Å². The highest BCUT2D eigenvalue weighted by atomic mass is 32.2. The first kappa shape index (κ1) is 20.9. The molecule has 0 bridgehead atoms. The van der Waals surface area contributed by atoms with E-state index in [0.29, 0.717) is 5.52 Å². The summed E-state index contributed by atoms with van der Waals surface area (Å²) in [6, 6.07) is 17.0. The fraction of sp³-hybridized carbons (Fsp3) is 0.208. The number of fused-ring (bicyclic) bond motifs is 1. The SMILES string of the molecule is CCS(=O)(=O)c1ccc(N[C@H](C)c2ccccc2)c(-c2cn(C)c(=O)c3[nH]ccc23)c1. The van der Waals surface area contributed by atoms with Crippen molar-refractivity contribution in [2.75, 3.05) is 11.1 Å². The fourth-order valence-corrected chi connectivity index (χ4v) is 4.68. The average molecular weight is 436 g/mol. The van der Waals surface area contributed by atoms with Gasteiger partial charge in [0.2, 0.25) is 0 Å². The maximum Gasteiger partial charge on any atom is 0.274 e. The Morgan fingerprint density at radius 2 is 1.81 bits per heavy atom. The number of sulfone groups is 1. The molecular weight excluding hydrogens is 410 g/mol. The van der Waals surface area contributed by atoms with Gasteiger partial charge in [0.1, 0.15) is 5.52 Å². The molecule has 160 valence electrons. The zero-order valence-corrected chi connectivity index (χ0v) is 18.5. The summed E-state index contributed by atoms with van der Waals surface area (Å²) in [6.07, 6.45) is 3.48. The Morgan fingerprint density at radius 3 is 2.52 bits per heavy atom. The molecule has 0 saturated heterocycles. The molecule has 0 amide bonds. The van der Waals surface area contributed by atoms with Gasteiger partial charge in [-0.25, -0.2) is 8.42 Å². The van der Waals surface area contributed by atoms with Crippen LogP contribution >= 0.6 is 0 Å². The van der Waals surface area contributed by atoms with Crippen LogP contribution < -0.4 is 10.9 Å². The summed E-state index contributed by atoms with van der Waals surface area (Å²) >= 11 is 0. The van der Waals surface area contributed by atoms with Gasteiger partial charge in [0.25, 0.3) is 5.56 Å². The van der Waals surface area contributed by atoms with Gasteiger partial charge in [-0.1, -0.05) is 37.3 Å². The molecule has 2 N–H and O–H groups in total. The smallest absolute Gasteiger partial charge is 0.274 e. The van der Waals surface area contributed by atoms with Crippen LogP contribution in [0, 0.1) is 0 Å². The molecule has 0 aliphatic rings. The van der Waals surface area contributed by atoms with Crippen LogP contribution in [0.5, 0.6) is 0 Å². The van der Waals surface area contributed by atoms with Crippen molar-refractivity contribution in [2.24, 2.45) is 7.05 Å². The molecule has 0 spiro atoms. The van der Waals surface area contributed by atoms with Gasteiger partial charge in [0.15, 0.2) is 9.84 Å². The Balaban J connectivity index is 1.93. The number of nitrogens with zero attached hydrogens (tertiary/aromatic N) is 1. The van der Waals surface area contributed by atoms with Gasteiger partial charge in [-0.2, -0.15) is 0 Å². The number of aromatic amines is 1. The summed E-state index contributed by atoms with van der Waals surface area (Å²) in [4.78, 5) is 15.8. The third-order valence-corrected chi connectivity index (χ3v) is 7.32. The van der Waals surface area contributed by atoms with Crippen LogP contribution in [-0.2, 0) is 16.9 Å². The molecule has 0 unspecified atom stereocenters. The number of hydrogen-bond acceptors (Lipinski definition) is 4. The molecule has 4 rings (SSSR count). The third-order valence-electron chi connectivity index (χ3n) is 5.59. The van der Waals surface area contributed by atoms with Crippen molar-refractivity contribution >= 4 is 26.4 Å². The number of nitrogens with one attached hydrogen (secondary N) is 2. The summed E-state index contributed by atoms with van der Waals surface area (Å²) in [5, 5.41) is 4.27. The van der Waals surface area contributed by atoms with Crippen molar-refractivity contribution in [1.29, 1.82) is 0 Å². The van der Waals surface area contributed by atoms with Crippen LogP contribution in [0.15, 0.2) is 76.7 Å². The number of H-pyrrole nitrogens is 1. The average Bonchev–Trinajstić information content (AvgIpc) is 3.27. The monoisotopic (exact) mass is 435 g/mol. The van der Waals surface area contributed by atoms with E-state index in [2.05, 4.69) is 17.2 Å². The predicted molar refractivity (Wildman–Crippen MR) is 125 cm³/mol. The van der Waals surface area contributed by atoms with Crippen LogP contribution in [0.4, 0.5) is 5.69 Å². The van der Waals surface area contributed by atoms with Crippen molar-refractivity contribution in [3.8, 4) is 11.1 Å². The number of pyridine rings is 1. The molecule has 2 heterocycles. The van der Waals surface area contributed by atoms with E-state index in [0.717, 1.165) is 27.8 Å². The van der Waals surface area contributed by atoms with Crippen molar-refractivity contribution in [1.82, 2.24) is 9.55 Å². The van der Waals surface area contributed by atoms with E-state index in [-0.39, 0.29) is 22.2 Å². The van der Waals surface area contributed by atoms with E-state index in [1.807, 2.05) is 36.4 Å². The number of rotatable bonds is 6. The molecule has 2 aromatic carbocycles. The highest BCUT2D eigenvalue weighted by molar-refractivity contribution is 7.91. The third kappa shape index (κ3) is 3.88. The number of benzene rings is 2. The van der Waals surface area contributed by atoms with Gasteiger partial charge in [-0.05, 0) is 36.8 Å². The summed E-state index contributed by atoms with van der Waals surface area (Å²) < 4.78 is 26.7. The van der Waals surface area contributed by atoms with E-state index >= 15 is 0 Å². The Hall–Kier alpha value is -3.32. The second-order valence-corrected chi connectivity index (χ2v) is 9.89. The predicted octanol–water partition coefficient (Wildman–Crippen LogP) is 4.50. The number of anilines is 1. The topological polar surface area (TPSA) is 84.0 Å². The quantitative estimate of drug-likeness (QED) is 0.467. The minimum atomic E-state index is -3.39. The van der Waals surface area contributed by atoms with Gasteiger partial charge in [0.05, 0.1) is 10.6 Å². The maximum atomic E-state index is 12.6. The van der Waals surface area contributed by atoms with Crippen LogP contribution in [0.2, 0.25) is 0 Å². The zero-order chi connectivity index (χ0) is 22.2. The summed E-state index contributed by atoms with van der Waals surface area (Å²) in [7, 11) is -1.70. The van der Waals surface area contributed by atoms with E-state index in [1.54, 1.807) is 44.6 Å². The molecule has 2 aromatic heterocycles. The van der Waals surface area contributed by atoms with Crippen molar-refractivity contribution < 1.29 is 8.42 Å². The lowest BCUT2D eigenvalue weighted by atomic mass is 10.0. The van der Waals surface area contributed by atoms with Crippen LogP contribution in [0.1, 0.15) is 25.5 Å². The van der Waals surface area contributed by atoms with E-state index < -0.39 is 9.84 Å². The molecule has 0 aliphatic heterocycles. The Bertz CT molecular complexity index is 1400. The molecule has 0 fully saturated rings. The first-order valence-electron chi connectivity index (χ1n) is 10.2. The fourth-order valence-electron chi connectivity index (χ4n) is 3.77. The van der Waals surface area contributed by atoms with Gasteiger partial charge < -0.3 is 14.9 Å². The van der Waals surface area contributed by atoms with E-state index in [9.17, 15) is 13.2 Å². The lowest BCUT2D eigenvalue weighted by Crippen LogP contribution is -2.17. The summed E-state index contributed by atoms with van der Waals surface area (Å²) in [5.74, 6) is 0.0203. The van der Waals surface area contributed by atoms with Crippen LogP contribution in [0.25, 0.3) is 22.0 Å². The standard InChI is InChI=1S/C24H25N3O3S/c1-4-31(29,30)18-10-11-22(26-16(2)17-8-6-5-7-9-17)20(14-18)21-15-27(3)24(28)23-19(21)12-13-25-23/h5-16,25-26H,4H2,1-3H3/t16-/m1/s1. The summed E-state index contributed by atoms with van der Waals surface area (Å²) in [6.45, 7) is 3.69. The number of aryl methyl sites for hydroxylation is 1. The van der Waals surface area contributed by atoms with Gasteiger partial charge in [-0.15, -0.1) is 0 Å².